The highest BCUT2D eigenvalue weighted by molar-refractivity contribution is 5.69. The normalized spacial score (nSPS) is 11.5. The van der Waals surface area contributed by atoms with Crippen molar-refractivity contribution in [1.82, 2.24) is 4.90 Å². The van der Waals surface area contributed by atoms with Crippen molar-refractivity contribution >= 4 is 12.1 Å². The van der Waals surface area contributed by atoms with Gasteiger partial charge in [0.25, 0.3) is 0 Å². The smallest absolute Gasteiger partial charge is 0.462 e. The van der Waals surface area contributed by atoms with Crippen LogP contribution in [0.1, 0.15) is 226 Å². The van der Waals surface area contributed by atoms with Crippen molar-refractivity contribution in [3.8, 4) is 0 Å². The molecule has 304 valence electrons. The summed E-state index contributed by atoms with van der Waals surface area (Å²) in [6.07, 6.45) is 36.4. The quantitative estimate of drug-likeness (QED) is 0.0496. The summed E-state index contributed by atoms with van der Waals surface area (Å²) in [5, 5.41) is 9.37. The molecule has 0 heterocycles. The molecule has 1 N–H and O–H groups in total. The van der Waals surface area contributed by atoms with Gasteiger partial charge in [0.05, 0.1) is 13.2 Å². The van der Waals surface area contributed by atoms with Gasteiger partial charge in [0, 0.05) is 19.6 Å². The van der Waals surface area contributed by atoms with Crippen molar-refractivity contribution in [2.75, 3.05) is 39.5 Å². The van der Waals surface area contributed by atoms with Gasteiger partial charge in [0.1, 0.15) is 6.10 Å². The number of aliphatic hydroxyl groups excluding tert-OH is 1. The van der Waals surface area contributed by atoms with E-state index in [1.54, 1.807) is 0 Å². The molecule has 0 atom stereocenters. The van der Waals surface area contributed by atoms with E-state index in [9.17, 15) is 14.7 Å². The fourth-order valence-electron chi connectivity index (χ4n) is 6.78. The molecule has 0 spiro atoms. The molecule has 0 aromatic heterocycles. The number of esters is 1. The molecule has 0 amide bonds. The van der Waals surface area contributed by atoms with Crippen molar-refractivity contribution in [3.63, 3.8) is 0 Å². The van der Waals surface area contributed by atoms with E-state index in [1.807, 2.05) is 0 Å². The Morgan fingerprint density at radius 3 is 1.29 bits per heavy atom. The van der Waals surface area contributed by atoms with Crippen LogP contribution in [0, 0.1) is 0 Å². The van der Waals surface area contributed by atoms with E-state index in [4.69, 9.17) is 14.2 Å². The standard InChI is InChI=1S/C44H87NO6/c1-4-7-10-13-16-23-30-40-49-44(48)50-41-31-24-22-29-37-45(38-32-39-46)36-28-21-17-20-27-35-43(47)51-42(33-25-18-14-11-8-5-2)34-26-19-15-12-9-6-3/h42,46H,4-41H2,1-3H3. The molecule has 0 saturated heterocycles. The maximum Gasteiger partial charge on any atom is 0.508 e. The number of hydrogen-bond donors (Lipinski definition) is 1. The fraction of sp³-hybridized carbons (Fsp3) is 0.955. The SMILES string of the molecule is CCCCCCCCCOC(=O)OCCCCCCN(CCCO)CCCCCCCC(=O)OC(CCCCCCCC)CCCCCCCC. The monoisotopic (exact) mass is 726 g/mol. The first-order chi connectivity index (χ1) is 25.1. The summed E-state index contributed by atoms with van der Waals surface area (Å²) in [4.78, 5) is 27.0. The first-order valence-electron chi connectivity index (χ1n) is 22.4. The maximum atomic E-state index is 12.7. The molecule has 0 aliphatic rings. The summed E-state index contributed by atoms with van der Waals surface area (Å²) in [5.41, 5.74) is 0. The minimum Gasteiger partial charge on any atom is -0.462 e. The summed E-state index contributed by atoms with van der Waals surface area (Å²) >= 11 is 0. The Labute approximate surface area is 317 Å². The van der Waals surface area contributed by atoms with Crippen LogP contribution in [0.5, 0.6) is 0 Å². The third-order valence-corrected chi connectivity index (χ3v) is 10.1. The van der Waals surface area contributed by atoms with E-state index < -0.39 is 6.16 Å². The molecule has 0 bridgehead atoms. The molecule has 0 aromatic rings. The van der Waals surface area contributed by atoms with Gasteiger partial charge in [-0.15, -0.1) is 0 Å². The van der Waals surface area contributed by atoms with Gasteiger partial charge in [-0.2, -0.15) is 0 Å². The maximum absolute atomic E-state index is 12.7. The van der Waals surface area contributed by atoms with Crippen LogP contribution < -0.4 is 0 Å². The van der Waals surface area contributed by atoms with E-state index in [0.717, 1.165) is 103 Å². The molecule has 0 aromatic carbocycles. The Morgan fingerprint density at radius 1 is 0.471 bits per heavy atom. The lowest BCUT2D eigenvalue weighted by Gasteiger charge is -2.22. The Morgan fingerprint density at radius 2 is 0.843 bits per heavy atom. The van der Waals surface area contributed by atoms with Crippen LogP contribution in [0.25, 0.3) is 0 Å². The Hall–Kier alpha value is -1.34. The summed E-state index contributed by atoms with van der Waals surface area (Å²) in [6, 6.07) is 0. The Balaban J connectivity index is 4.02. The van der Waals surface area contributed by atoms with Crippen LogP contribution in [-0.2, 0) is 19.0 Å². The fourth-order valence-corrected chi connectivity index (χ4v) is 6.78. The predicted octanol–water partition coefficient (Wildman–Crippen LogP) is 12.9. The second-order valence-electron chi connectivity index (χ2n) is 15.1. The van der Waals surface area contributed by atoms with Gasteiger partial charge in [-0.05, 0) is 77.3 Å². The average Bonchev–Trinajstić information content (AvgIpc) is 3.13. The zero-order valence-electron chi connectivity index (χ0n) is 34.4. The van der Waals surface area contributed by atoms with E-state index in [1.165, 1.54) is 116 Å². The van der Waals surface area contributed by atoms with Crippen molar-refractivity contribution in [2.45, 2.75) is 232 Å². The third kappa shape index (κ3) is 38.2. The first kappa shape index (κ1) is 49.7. The van der Waals surface area contributed by atoms with E-state index in [2.05, 4.69) is 25.7 Å². The number of ether oxygens (including phenoxy) is 3. The van der Waals surface area contributed by atoms with Gasteiger partial charge in [-0.3, -0.25) is 4.79 Å². The van der Waals surface area contributed by atoms with Crippen LogP contribution in [0.4, 0.5) is 4.79 Å². The van der Waals surface area contributed by atoms with Crippen LogP contribution in [0.3, 0.4) is 0 Å². The highest BCUT2D eigenvalue weighted by Gasteiger charge is 2.14. The number of rotatable bonds is 41. The Kier molecular flexibility index (Phi) is 40.3. The lowest BCUT2D eigenvalue weighted by Crippen LogP contribution is -2.28. The molecule has 7 nitrogen and oxygen atoms in total. The van der Waals surface area contributed by atoms with Gasteiger partial charge in [0.15, 0.2) is 0 Å². The van der Waals surface area contributed by atoms with Gasteiger partial charge >= 0.3 is 12.1 Å². The zero-order chi connectivity index (χ0) is 37.3. The van der Waals surface area contributed by atoms with Crippen molar-refractivity contribution in [1.29, 1.82) is 0 Å². The van der Waals surface area contributed by atoms with Crippen LogP contribution >= 0.6 is 0 Å². The number of carbonyl (C=O) groups excluding carboxylic acids is 2. The summed E-state index contributed by atoms with van der Waals surface area (Å²) in [5.74, 6) is 0.0115. The lowest BCUT2D eigenvalue weighted by atomic mass is 10.0. The summed E-state index contributed by atoms with van der Waals surface area (Å²) in [7, 11) is 0. The summed E-state index contributed by atoms with van der Waals surface area (Å²) in [6.45, 7) is 10.9. The highest BCUT2D eigenvalue weighted by Crippen LogP contribution is 2.18. The zero-order valence-corrected chi connectivity index (χ0v) is 34.4. The van der Waals surface area contributed by atoms with Crippen LogP contribution in [0.15, 0.2) is 0 Å². The van der Waals surface area contributed by atoms with Crippen molar-refractivity contribution < 1.29 is 28.9 Å². The highest BCUT2D eigenvalue weighted by atomic mass is 16.7. The minimum absolute atomic E-state index is 0.0115. The molecule has 0 unspecified atom stereocenters. The summed E-state index contributed by atoms with van der Waals surface area (Å²) < 4.78 is 16.5. The van der Waals surface area contributed by atoms with Crippen molar-refractivity contribution in [2.24, 2.45) is 0 Å². The molecule has 0 aliphatic heterocycles. The Bertz CT molecular complexity index is 704. The number of aliphatic hydroxyl groups is 1. The van der Waals surface area contributed by atoms with Gasteiger partial charge < -0.3 is 24.2 Å². The van der Waals surface area contributed by atoms with E-state index in [0.29, 0.717) is 19.6 Å². The molecule has 51 heavy (non-hydrogen) atoms. The number of nitrogens with zero attached hydrogens (tertiary/aromatic N) is 1. The average molecular weight is 726 g/mol. The molecule has 0 rings (SSSR count). The molecule has 0 saturated carbocycles. The second kappa shape index (κ2) is 41.4. The van der Waals surface area contributed by atoms with Crippen LogP contribution in [-0.4, -0.2) is 67.7 Å². The lowest BCUT2D eigenvalue weighted by molar-refractivity contribution is -0.150. The molecule has 0 fully saturated rings. The van der Waals surface area contributed by atoms with E-state index >= 15 is 0 Å². The third-order valence-electron chi connectivity index (χ3n) is 10.1. The van der Waals surface area contributed by atoms with Gasteiger partial charge in [0.2, 0.25) is 0 Å². The van der Waals surface area contributed by atoms with Gasteiger partial charge in [-0.25, -0.2) is 4.79 Å². The molecular weight excluding hydrogens is 638 g/mol. The molecular formula is C44H87NO6. The number of unbranched alkanes of at least 4 members (excludes halogenated alkanes) is 23. The number of hydrogen-bond acceptors (Lipinski definition) is 7. The number of carbonyl (C=O) groups is 2. The second-order valence-corrected chi connectivity index (χ2v) is 15.1. The molecule has 7 heteroatoms. The minimum atomic E-state index is -0.526. The topological polar surface area (TPSA) is 85.3 Å². The molecule has 0 aliphatic carbocycles. The predicted molar refractivity (Wildman–Crippen MR) is 215 cm³/mol. The van der Waals surface area contributed by atoms with Crippen molar-refractivity contribution in [3.05, 3.63) is 0 Å². The van der Waals surface area contributed by atoms with Crippen LogP contribution in [0.2, 0.25) is 0 Å². The first-order valence-corrected chi connectivity index (χ1v) is 22.4. The van der Waals surface area contributed by atoms with Gasteiger partial charge in [-0.1, -0.05) is 156 Å². The van der Waals surface area contributed by atoms with E-state index in [-0.39, 0.29) is 18.7 Å². The largest absolute Gasteiger partial charge is 0.508 e. The molecule has 0 radical (unpaired) electrons.